The Kier molecular flexibility index (Phi) is 4.70. The number of carbonyl (C=O) groups is 1. The number of methoxy groups -OCH3 is 1. The van der Waals surface area contributed by atoms with Crippen LogP contribution in [0.15, 0.2) is 47.3 Å². The molecule has 2 aromatic heterocycles. The Hall–Kier alpha value is -2.93. The van der Waals surface area contributed by atoms with E-state index in [9.17, 15) is 9.59 Å². The average Bonchev–Trinajstić information content (AvgIpc) is 3.15. The van der Waals surface area contributed by atoms with Crippen LogP contribution >= 0.6 is 11.3 Å². The van der Waals surface area contributed by atoms with E-state index in [2.05, 4.69) is 4.98 Å². The second kappa shape index (κ2) is 7.40. The second-order valence-corrected chi connectivity index (χ2v) is 9.07. The number of likely N-dealkylation sites (tertiary alicyclic amines) is 1. The van der Waals surface area contributed by atoms with Gasteiger partial charge in [0, 0.05) is 42.9 Å². The highest BCUT2D eigenvalue weighted by molar-refractivity contribution is 7.17. The standard InChI is InChI=1S/C23H23N3O3S/c1-14-21(30-22(24-14)16-6-8-18(29-2)9-7-16)23(28)25-11-15-10-17(13-25)19-4-3-5-20(27)26(19)12-15/h3-9,15,17H,10-13H2,1-2H3/t15-,17+/m1/s1. The molecular weight excluding hydrogens is 398 g/mol. The molecular formula is C23H23N3O3S. The topological polar surface area (TPSA) is 64.4 Å². The Labute approximate surface area is 178 Å². The van der Waals surface area contributed by atoms with Crippen molar-refractivity contribution in [3.05, 3.63) is 69.1 Å². The smallest absolute Gasteiger partial charge is 0.265 e. The van der Waals surface area contributed by atoms with Gasteiger partial charge in [-0.1, -0.05) is 6.07 Å². The summed E-state index contributed by atoms with van der Waals surface area (Å²) in [7, 11) is 1.64. The number of aryl methyl sites for hydroxylation is 1. The highest BCUT2D eigenvalue weighted by Crippen LogP contribution is 2.37. The minimum Gasteiger partial charge on any atom is -0.497 e. The number of carbonyl (C=O) groups excluding carboxylic acids is 1. The Morgan fingerprint density at radius 2 is 1.93 bits per heavy atom. The lowest BCUT2D eigenvalue weighted by Gasteiger charge is -2.42. The van der Waals surface area contributed by atoms with Crippen molar-refractivity contribution in [2.24, 2.45) is 5.92 Å². The molecule has 1 saturated heterocycles. The van der Waals surface area contributed by atoms with Gasteiger partial charge in [0.05, 0.1) is 12.8 Å². The normalized spacial score (nSPS) is 20.0. The van der Waals surface area contributed by atoms with Crippen LogP contribution in [-0.4, -0.2) is 40.6 Å². The summed E-state index contributed by atoms with van der Waals surface area (Å²) in [6.07, 6.45) is 1.03. The van der Waals surface area contributed by atoms with Crippen molar-refractivity contribution in [3.8, 4) is 16.3 Å². The lowest BCUT2D eigenvalue weighted by molar-refractivity contribution is 0.0598. The van der Waals surface area contributed by atoms with E-state index >= 15 is 0 Å². The molecule has 0 radical (unpaired) electrons. The first kappa shape index (κ1) is 19.1. The summed E-state index contributed by atoms with van der Waals surface area (Å²) in [4.78, 5) is 32.9. The summed E-state index contributed by atoms with van der Waals surface area (Å²) in [6, 6.07) is 13.2. The first-order chi connectivity index (χ1) is 14.5. The lowest BCUT2D eigenvalue weighted by atomic mass is 9.83. The molecule has 2 atom stereocenters. The molecule has 0 unspecified atom stereocenters. The summed E-state index contributed by atoms with van der Waals surface area (Å²) in [5, 5.41) is 0.840. The van der Waals surface area contributed by atoms with E-state index < -0.39 is 0 Å². The molecule has 2 aliphatic rings. The predicted molar refractivity (Wildman–Crippen MR) is 116 cm³/mol. The number of fused-ring (bicyclic) bond motifs is 4. The lowest BCUT2D eigenvalue weighted by Crippen LogP contribution is -2.49. The third kappa shape index (κ3) is 3.23. The fourth-order valence-corrected chi connectivity index (χ4v) is 5.70. The first-order valence-corrected chi connectivity index (χ1v) is 11.0. The van der Waals surface area contributed by atoms with Gasteiger partial charge in [-0.2, -0.15) is 0 Å². The third-order valence-corrected chi connectivity index (χ3v) is 7.29. The second-order valence-electron chi connectivity index (χ2n) is 8.07. The number of rotatable bonds is 3. The molecule has 6 nitrogen and oxygen atoms in total. The van der Waals surface area contributed by atoms with Gasteiger partial charge in [0.25, 0.3) is 11.5 Å². The van der Waals surface area contributed by atoms with Crippen LogP contribution in [0.1, 0.15) is 33.4 Å². The van der Waals surface area contributed by atoms with E-state index in [0.717, 1.165) is 34.1 Å². The van der Waals surface area contributed by atoms with Gasteiger partial charge < -0.3 is 14.2 Å². The number of piperidine rings is 1. The number of hydrogen-bond donors (Lipinski definition) is 0. The molecule has 1 aromatic carbocycles. The third-order valence-electron chi connectivity index (χ3n) is 6.09. The quantitative estimate of drug-likeness (QED) is 0.649. The maximum absolute atomic E-state index is 13.4. The fraction of sp³-hybridized carbons (Fsp3) is 0.348. The zero-order chi connectivity index (χ0) is 20.8. The predicted octanol–water partition coefficient (Wildman–Crippen LogP) is 3.55. The largest absolute Gasteiger partial charge is 0.497 e. The van der Waals surface area contributed by atoms with Crippen LogP contribution in [0.2, 0.25) is 0 Å². The highest BCUT2D eigenvalue weighted by Gasteiger charge is 2.37. The van der Waals surface area contributed by atoms with Gasteiger partial charge in [0.2, 0.25) is 0 Å². The Balaban J connectivity index is 1.40. The van der Waals surface area contributed by atoms with Crippen LogP contribution in [0.25, 0.3) is 10.6 Å². The average molecular weight is 422 g/mol. The van der Waals surface area contributed by atoms with E-state index in [1.54, 1.807) is 13.2 Å². The number of ether oxygens (including phenoxy) is 1. The number of nitrogens with zero attached hydrogens (tertiary/aromatic N) is 3. The van der Waals surface area contributed by atoms with Crippen molar-refractivity contribution < 1.29 is 9.53 Å². The van der Waals surface area contributed by atoms with Crippen molar-refractivity contribution >= 4 is 17.2 Å². The van der Waals surface area contributed by atoms with Gasteiger partial charge >= 0.3 is 0 Å². The van der Waals surface area contributed by atoms with Crippen molar-refractivity contribution in [3.63, 3.8) is 0 Å². The molecule has 1 fully saturated rings. The molecule has 2 bridgehead atoms. The molecule has 1 amide bonds. The molecule has 154 valence electrons. The number of amides is 1. The molecule has 4 heterocycles. The van der Waals surface area contributed by atoms with Crippen LogP contribution in [-0.2, 0) is 6.54 Å². The number of aromatic nitrogens is 2. The minimum absolute atomic E-state index is 0.0474. The zero-order valence-electron chi connectivity index (χ0n) is 17.0. The summed E-state index contributed by atoms with van der Waals surface area (Å²) in [5.74, 6) is 1.37. The van der Waals surface area contributed by atoms with Gasteiger partial charge in [-0.05, 0) is 49.6 Å². The van der Waals surface area contributed by atoms with Gasteiger partial charge in [0.1, 0.15) is 15.6 Å². The molecule has 5 rings (SSSR count). The summed E-state index contributed by atoms with van der Waals surface area (Å²) in [6.45, 7) is 3.92. The summed E-state index contributed by atoms with van der Waals surface area (Å²) < 4.78 is 7.11. The van der Waals surface area contributed by atoms with Crippen molar-refractivity contribution in [1.82, 2.24) is 14.5 Å². The van der Waals surface area contributed by atoms with Gasteiger partial charge in [-0.15, -0.1) is 11.3 Å². The molecule has 3 aromatic rings. The first-order valence-electron chi connectivity index (χ1n) is 10.1. The van der Waals surface area contributed by atoms with Gasteiger partial charge in [0.15, 0.2) is 0 Å². The van der Waals surface area contributed by atoms with E-state index in [1.807, 2.05) is 52.8 Å². The van der Waals surface area contributed by atoms with E-state index in [4.69, 9.17) is 4.74 Å². The molecule has 7 heteroatoms. The van der Waals surface area contributed by atoms with Gasteiger partial charge in [-0.25, -0.2) is 4.98 Å². The molecule has 0 N–H and O–H groups in total. The Morgan fingerprint density at radius 3 is 2.70 bits per heavy atom. The zero-order valence-corrected chi connectivity index (χ0v) is 17.8. The van der Waals surface area contributed by atoms with E-state index in [1.165, 1.54) is 11.3 Å². The summed E-state index contributed by atoms with van der Waals surface area (Å²) >= 11 is 1.45. The van der Waals surface area contributed by atoms with Crippen molar-refractivity contribution in [2.75, 3.05) is 20.2 Å². The molecule has 30 heavy (non-hydrogen) atoms. The van der Waals surface area contributed by atoms with Crippen molar-refractivity contribution in [1.29, 1.82) is 0 Å². The molecule has 0 aliphatic carbocycles. The highest BCUT2D eigenvalue weighted by atomic mass is 32.1. The fourth-order valence-electron chi connectivity index (χ4n) is 4.66. The Bertz CT molecular complexity index is 1170. The minimum atomic E-state index is 0.0474. The number of benzene rings is 1. The van der Waals surface area contributed by atoms with Gasteiger partial charge in [-0.3, -0.25) is 9.59 Å². The van der Waals surface area contributed by atoms with E-state index in [-0.39, 0.29) is 17.4 Å². The van der Waals surface area contributed by atoms with Crippen LogP contribution in [0, 0.1) is 12.8 Å². The summed E-state index contributed by atoms with van der Waals surface area (Å²) in [5.41, 5.74) is 2.86. The monoisotopic (exact) mass is 421 g/mol. The van der Waals surface area contributed by atoms with Crippen LogP contribution in [0.3, 0.4) is 0 Å². The number of pyridine rings is 1. The van der Waals surface area contributed by atoms with Crippen LogP contribution in [0.5, 0.6) is 5.75 Å². The molecule has 0 saturated carbocycles. The van der Waals surface area contributed by atoms with Crippen LogP contribution in [0.4, 0.5) is 0 Å². The van der Waals surface area contributed by atoms with E-state index in [0.29, 0.717) is 30.4 Å². The molecule has 0 spiro atoms. The van der Waals surface area contributed by atoms with Crippen LogP contribution < -0.4 is 10.3 Å². The number of hydrogen-bond acceptors (Lipinski definition) is 5. The maximum atomic E-state index is 13.4. The van der Waals surface area contributed by atoms with Crippen molar-refractivity contribution in [2.45, 2.75) is 25.8 Å². The Morgan fingerprint density at radius 1 is 1.13 bits per heavy atom. The maximum Gasteiger partial charge on any atom is 0.265 e. The molecule has 2 aliphatic heterocycles. The number of thiazole rings is 1. The SMILES string of the molecule is COc1ccc(-c2nc(C)c(C(=O)N3C[C@H]4C[C@@H](C3)c3cccc(=O)n3C4)s2)cc1.